The highest BCUT2D eigenvalue weighted by atomic mass is 16.5. The fourth-order valence-corrected chi connectivity index (χ4v) is 3.47. The molecular formula is C28H33N3O3. The number of nitrogens with zero attached hydrogens (tertiary/aromatic N) is 1. The van der Waals surface area contributed by atoms with Gasteiger partial charge in [-0.05, 0) is 54.7 Å². The van der Waals surface area contributed by atoms with E-state index >= 15 is 0 Å². The molecule has 6 nitrogen and oxygen atoms in total. The minimum atomic E-state index is -0.144. The topological polar surface area (TPSA) is 70.7 Å². The molecule has 6 heteroatoms. The average Bonchev–Trinajstić information content (AvgIpc) is 2.85. The average molecular weight is 460 g/mol. The van der Waals surface area contributed by atoms with Gasteiger partial charge in [-0.3, -0.25) is 9.59 Å². The molecule has 0 saturated heterocycles. The van der Waals surface area contributed by atoms with Crippen LogP contribution in [-0.2, 0) is 22.4 Å². The molecule has 34 heavy (non-hydrogen) atoms. The van der Waals surface area contributed by atoms with E-state index in [0.29, 0.717) is 25.1 Å². The number of benzene rings is 3. The van der Waals surface area contributed by atoms with Gasteiger partial charge in [-0.2, -0.15) is 0 Å². The predicted octanol–water partition coefficient (Wildman–Crippen LogP) is 4.77. The molecule has 0 spiro atoms. The third kappa shape index (κ3) is 8.62. The summed E-state index contributed by atoms with van der Waals surface area (Å²) >= 11 is 0. The van der Waals surface area contributed by atoms with Crippen molar-refractivity contribution in [2.45, 2.75) is 25.7 Å². The Kier molecular flexibility index (Phi) is 9.52. The largest absolute Gasteiger partial charge is 0.494 e. The van der Waals surface area contributed by atoms with Gasteiger partial charge in [-0.25, -0.2) is 0 Å². The van der Waals surface area contributed by atoms with E-state index in [9.17, 15) is 9.59 Å². The van der Waals surface area contributed by atoms with E-state index in [-0.39, 0.29) is 18.4 Å². The minimum Gasteiger partial charge on any atom is -0.494 e. The van der Waals surface area contributed by atoms with Gasteiger partial charge in [-0.15, -0.1) is 0 Å². The van der Waals surface area contributed by atoms with Crippen LogP contribution in [0.3, 0.4) is 0 Å². The second-order valence-electron chi connectivity index (χ2n) is 8.36. The van der Waals surface area contributed by atoms with Crippen LogP contribution in [-0.4, -0.2) is 44.0 Å². The van der Waals surface area contributed by atoms with E-state index in [4.69, 9.17) is 4.74 Å². The van der Waals surface area contributed by atoms with Crippen molar-refractivity contribution in [1.82, 2.24) is 4.90 Å². The molecule has 0 aromatic heterocycles. The number of ether oxygens (including phenoxy) is 1. The monoisotopic (exact) mass is 459 g/mol. The second kappa shape index (κ2) is 13.0. The lowest BCUT2D eigenvalue weighted by Crippen LogP contribution is -2.22. The summed E-state index contributed by atoms with van der Waals surface area (Å²) in [5.74, 6) is 0.688. The van der Waals surface area contributed by atoms with Crippen molar-refractivity contribution in [3.05, 3.63) is 90.0 Å². The summed E-state index contributed by atoms with van der Waals surface area (Å²) in [6, 6.07) is 25.6. The molecule has 0 aliphatic heterocycles. The number of nitrogens with one attached hydrogen (secondary N) is 2. The SMILES string of the molecule is CN(C)C(=O)CCc1cccc(NCC(=O)Nc2cccc(OCCCc3ccccc3)c2)c1. The fourth-order valence-electron chi connectivity index (χ4n) is 3.47. The van der Waals surface area contributed by atoms with Gasteiger partial charge in [0, 0.05) is 38.0 Å². The van der Waals surface area contributed by atoms with Crippen LogP contribution in [0, 0.1) is 0 Å². The van der Waals surface area contributed by atoms with E-state index in [1.54, 1.807) is 19.0 Å². The molecule has 0 unspecified atom stereocenters. The zero-order chi connectivity index (χ0) is 24.2. The van der Waals surface area contributed by atoms with Crippen LogP contribution in [0.15, 0.2) is 78.9 Å². The molecule has 0 radical (unpaired) electrons. The molecule has 3 rings (SSSR count). The Morgan fingerprint density at radius 3 is 2.35 bits per heavy atom. The van der Waals surface area contributed by atoms with Crippen molar-refractivity contribution in [3.63, 3.8) is 0 Å². The summed E-state index contributed by atoms with van der Waals surface area (Å²) in [5, 5.41) is 6.05. The zero-order valence-corrected chi connectivity index (χ0v) is 19.9. The number of carbonyl (C=O) groups is 2. The van der Waals surface area contributed by atoms with Crippen LogP contribution >= 0.6 is 0 Å². The molecule has 178 valence electrons. The maximum absolute atomic E-state index is 12.4. The molecule has 0 aliphatic rings. The molecule has 2 N–H and O–H groups in total. The normalized spacial score (nSPS) is 10.4. The van der Waals surface area contributed by atoms with Gasteiger partial charge in [0.2, 0.25) is 11.8 Å². The Balaban J connectivity index is 1.41. The smallest absolute Gasteiger partial charge is 0.243 e. The van der Waals surface area contributed by atoms with E-state index in [0.717, 1.165) is 29.8 Å². The third-order valence-corrected chi connectivity index (χ3v) is 5.35. The van der Waals surface area contributed by atoms with E-state index < -0.39 is 0 Å². The summed E-state index contributed by atoms with van der Waals surface area (Å²) in [4.78, 5) is 25.8. The van der Waals surface area contributed by atoms with E-state index in [1.165, 1.54) is 5.56 Å². The maximum atomic E-state index is 12.4. The summed E-state index contributed by atoms with van der Waals surface area (Å²) < 4.78 is 5.85. The van der Waals surface area contributed by atoms with Gasteiger partial charge in [0.1, 0.15) is 5.75 Å². The van der Waals surface area contributed by atoms with Crippen molar-refractivity contribution in [2.24, 2.45) is 0 Å². The van der Waals surface area contributed by atoms with E-state index in [1.807, 2.05) is 66.7 Å². The first-order valence-corrected chi connectivity index (χ1v) is 11.6. The van der Waals surface area contributed by atoms with Gasteiger partial charge < -0.3 is 20.3 Å². The van der Waals surface area contributed by atoms with Gasteiger partial charge in [0.15, 0.2) is 0 Å². The molecule has 0 aliphatic carbocycles. The van der Waals surface area contributed by atoms with Crippen molar-refractivity contribution in [3.8, 4) is 5.75 Å². The maximum Gasteiger partial charge on any atom is 0.243 e. The fraction of sp³-hybridized carbons (Fsp3) is 0.286. The molecular weight excluding hydrogens is 426 g/mol. The first-order valence-electron chi connectivity index (χ1n) is 11.6. The van der Waals surface area contributed by atoms with Crippen LogP contribution in [0.1, 0.15) is 24.0 Å². The summed E-state index contributed by atoms with van der Waals surface area (Å²) in [6.07, 6.45) is 3.02. The predicted molar refractivity (Wildman–Crippen MR) is 137 cm³/mol. The van der Waals surface area contributed by atoms with Crippen LogP contribution in [0.5, 0.6) is 5.75 Å². The number of hydrogen-bond donors (Lipinski definition) is 2. The molecule has 0 bridgehead atoms. The Morgan fingerprint density at radius 1 is 0.824 bits per heavy atom. The Labute approximate surface area is 201 Å². The number of carbonyl (C=O) groups excluding carboxylic acids is 2. The molecule has 0 atom stereocenters. The van der Waals surface area contributed by atoms with Crippen molar-refractivity contribution < 1.29 is 14.3 Å². The number of hydrogen-bond acceptors (Lipinski definition) is 4. The molecule has 0 saturated carbocycles. The standard InChI is InChI=1S/C28H33N3O3/c1-31(2)28(33)17-16-23-11-6-13-24(19-23)29-21-27(32)30-25-14-7-15-26(20-25)34-18-8-12-22-9-4-3-5-10-22/h3-7,9-11,13-15,19-20,29H,8,12,16-18,21H2,1-2H3,(H,30,32). The van der Waals surface area contributed by atoms with Gasteiger partial charge in [-0.1, -0.05) is 48.5 Å². The minimum absolute atomic E-state index is 0.0974. The number of anilines is 2. The Hall–Kier alpha value is -3.80. The highest BCUT2D eigenvalue weighted by molar-refractivity contribution is 5.93. The summed E-state index contributed by atoms with van der Waals surface area (Å²) in [7, 11) is 3.51. The van der Waals surface area contributed by atoms with Gasteiger partial charge >= 0.3 is 0 Å². The lowest BCUT2D eigenvalue weighted by atomic mass is 10.1. The van der Waals surface area contributed by atoms with Crippen LogP contribution in [0.4, 0.5) is 11.4 Å². The lowest BCUT2D eigenvalue weighted by Gasteiger charge is -2.12. The van der Waals surface area contributed by atoms with Crippen molar-refractivity contribution >= 4 is 23.2 Å². The van der Waals surface area contributed by atoms with Crippen LogP contribution in [0.25, 0.3) is 0 Å². The van der Waals surface area contributed by atoms with Crippen LogP contribution in [0.2, 0.25) is 0 Å². The molecule has 0 fully saturated rings. The summed E-state index contributed by atoms with van der Waals surface area (Å²) in [5.41, 5.74) is 3.90. The van der Waals surface area contributed by atoms with Crippen LogP contribution < -0.4 is 15.4 Å². The van der Waals surface area contributed by atoms with E-state index in [2.05, 4.69) is 22.8 Å². The molecule has 3 aromatic rings. The Morgan fingerprint density at radius 2 is 1.56 bits per heavy atom. The quantitative estimate of drug-likeness (QED) is 0.383. The van der Waals surface area contributed by atoms with Gasteiger partial charge in [0.05, 0.1) is 13.2 Å². The van der Waals surface area contributed by atoms with Crippen molar-refractivity contribution in [2.75, 3.05) is 37.9 Å². The third-order valence-electron chi connectivity index (χ3n) is 5.35. The molecule has 2 amide bonds. The number of aryl methyl sites for hydroxylation is 2. The first-order chi connectivity index (χ1) is 16.5. The number of rotatable bonds is 12. The Bertz CT molecular complexity index is 1070. The molecule has 0 heterocycles. The molecule has 3 aromatic carbocycles. The second-order valence-corrected chi connectivity index (χ2v) is 8.36. The first kappa shape index (κ1) is 24.8. The lowest BCUT2D eigenvalue weighted by molar-refractivity contribution is -0.128. The highest BCUT2D eigenvalue weighted by Crippen LogP contribution is 2.18. The zero-order valence-electron chi connectivity index (χ0n) is 19.9. The number of amides is 2. The van der Waals surface area contributed by atoms with Gasteiger partial charge in [0.25, 0.3) is 0 Å². The summed E-state index contributed by atoms with van der Waals surface area (Å²) in [6.45, 7) is 0.757. The highest BCUT2D eigenvalue weighted by Gasteiger charge is 2.07. The van der Waals surface area contributed by atoms with Crippen molar-refractivity contribution in [1.29, 1.82) is 0 Å².